The van der Waals surface area contributed by atoms with Crippen LogP contribution in [0.15, 0.2) is 42.5 Å². The number of hydrogen-bond acceptors (Lipinski definition) is 2. The number of benzene rings is 2. The fourth-order valence-electron chi connectivity index (χ4n) is 2.12. The molecule has 106 valence electrons. The summed E-state index contributed by atoms with van der Waals surface area (Å²) in [4.78, 5) is 0. The van der Waals surface area contributed by atoms with Crippen LogP contribution in [-0.2, 0) is 0 Å². The van der Waals surface area contributed by atoms with Gasteiger partial charge in [0.25, 0.3) is 0 Å². The lowest BCUT2D eigenvalue weighted by atomic mass is 10.1. The lowest BCUT2D eigenvalue weighted by Gasteiger charge is -2.19. The van der Waals surface area contributed by atoms with Crippen LogP contribution >= 0.6 is 0 Å². The van der Waals surface area contributed by atoms with Gasteiger partial charge < -0.3 is 10.1 Å². The number of ether oxygens (including phenoxy) is 1. The van der Waals surface area contributed by atoms with Gasteiger partial charge in [0.05, 0.1) is 12.3 Å². The zero-order chi connectivity index (χ0) is 14.5. The van der Waals surface area contributed by atoms with Gasteiger partial charge in [-0.15, -0.1) is 0 Å². The maximum atomic E-state index is 13.3. The first-order valence-corrected chi connectivity index (χ1v) is 6.85. The smallest absolute Gasteiger partial charge is 0.142 e. The van der Waals surface area contributed by atoms with E-state index in [0.29, 0.717) is 6.61 Å². The average Bonchev–Trinajstić information content (AvgIpc) is 2.42. The summed E-state index contributed by atoms with van der Waals surface area (Å²) in [6.07, 6.45) is 0. The number of rotatable bonds is 5. The van der Waals surface area contributed by atoms with Crippen LogP contribution in [0, 0.1) is 12.7 Å². The average molecular weight is 273 g/mol. The minimum Gasteiger partial charge on any atom is -0.492 e. The molecule has 0 aliphatic rings. The molecule has 0 fully saturated rings. The summed E-state index contributed by atoms with van der Waals surface area (Å²) in [5, 5.41) is 3.37. The van der Waals surface area contributed by atoms with Crippen molar-refractivity contribution in [3.8, 4) is 5.75 Å². The van der Waals surface area contributed by atoms with Crippen molar-refractivity contribution >= 4 is 5.69 Å². The Morgan fingerprint density at radius 3 is 2.70 bits per heavy atom. The highest BCUT2D eigenvalue weighted by molar-refractivity contribution is 5.58. The third-order valence-corrected chi connectivity index (χ3v) is 3.16. The van der Waals surface area contributed by atoms with E-state index in [1.165, 1.54) is 6.07 Å². The molecule has 1 unspecified atom stereocenters. The largest absolute Gasteiger partial charge is 0.492 e. The molecule has 1 N–H and O–H groups in total. The lowest BCUT2D eigenvalue weighted by molar-refractivity contribution is 0.341. The molecule has 0 amide bonds. The molecular formula is C17H20FNO. The normalized spacial score (nSPS) is 12.0. The minimum atomic E-state index is -0.218. The van der Waals surface area contributed by atoms with Gasteiger partial charge >= 0.3 is 0 Å². The second-order valence-electron chi connectivity index (χ2n) is 4.85. The maximum absolute atomic E-state index is 13.3. The van der Waals surface area contributed by atoms with Crippen molar-refractivity contribution in [1.82, 2.24) is 0 Å². The molecule has 0 aliphatic heterocycles. The third kappa shape index (κ3) is 3.50. The number of anilines is 1. The summed E-state index contributed by atoms with van der Waals surface area (Å²) in [5.74, 6) is 0.612. The Hall–Kier alpha value is -2.03. The second-order valence-corrected chi connectivity index (χ2v) is 4.85. The van der Waals surface area contributed by atoms with E-state index < -0.39 is 0 Å². The Morgan fingerprint density at radius 1 is 1.20 bits per heavy atom. The topological polar surface area (TPSA) is 21.3 Å². The van der Waals surface area contributed by atoms with Gasteiger partial charge in [0.1, 0.15) is 11.6 Å². The quantitative estimate of drug-likeness (QED) is 0.852. The molecule has 0 radical (unpaired) electrons. The van der Waals surface area contributed by atoms with Gasteiger partial charge in [-0.2, -0.15) is 0 Å². The predicted molar refractivity (Wildman–Crippen MR) is 80.8 cm³/mol. The Kier molecular flexibility index (Phi) is 4.61. The van der Waals surface area contributed by atoms with Crippen molar-refractivity contribution in [2.24, 2.45) is 0 Å². The van der Waals surface area contributed by atoms with Crippen LogP contribution in [0.2, 0.25) is 0 Å². The molecule has 0 heterocycles. The zero-order valence-corrected chi connectivity index (χ0v) is 12.1. The molecule has 0 bridgehead atoms. The summed E-state index contributed by atoms with van der Waals surface area (Å²) in [6, 6.07) is 12.7. The summed E-state index contributed by atoms with van der Waals surface area (Å²) in [5.41, 5.74) is 2.99. The molecule has 2 nitrogen and oxygen atoms in total. The van der Waals surface area contributed by atoms with E-state index in [9.17, 15) is 4.39 Å². The van der Waals surface area contributed by atoms with Crippen LogP contribution in [0.5, 0.6) is 5.75 Å². The van der Waals surface area contributed by atoms with Gasteiger partial charge in [-0.1, -0.05) is 18.2 Å². The molecule has 0 spiro atoms. The van der Waals surface area contributed by atoms with Crippen molar-refractivity contribution < 1.29 is 9.13 Å². The molecule has 0 aromatic heterocycles. The molecular weight excluding hydrogens is 253 g/mol. The van der Waals surface area contributed by atoms with Gasteiger partial charge in [0.2, 0.25) is 0 Å². The van der Waals surface area contributed by atoms with Crippen molar-refractivity contribution in [1.29, 1.82) is 0 Å². The van der Waals surface area contributed by atoms with E-state index in [2.05, 4.69) is 5.32 Å². The first-order chi connectivity index (χ1) is 9.60. The van der Waals surface area contributed by atoms with E-state index in [1.807, 2.05) is 45.0 Å². The number of aryl methyl sites for hydroxylation is 1. The molecule has 2 rings (SSSR count). The van der Waals surface area contributed by atoms with Crippen LogP contribution in [-0.4, -0.2) is 6.61 Å². The Bertz CT molecular complexity index is 583. The molecule has 1 atom stereocenters. The molecule has 2 aromatic rings. The second kappa shape index (κ2) is 6.42. The molecule has 3 heteroatoms. The molecule has 2 aromatic carbocycles. The fourth-order valence-corrected chi connectivity index (χ4v) is 2.12. The van der Waals surface area contributed by atoms with Crippen LogP contribution < -0.4 is 10.1 Å². The van der Waals surface area contributed by atoms with Gasteiger partial charge in [0, 0.05) is 6.04 Å². The van der Waals surface area contributed by atoms with Crippen LogP contribution in [0.3, 0.4) is 0 Å². The van der Waals surface area contributed by atoms with E-state index in [1.54, 1.807) is 12.1 Å². The maximum Gasteiger partial charge on any atom is 0.142 e. The fraction of sp³-hybridized carbons (Fsp3) is 0.294. The van der Waals surface area contributed by atoms with Gasteiger partial charge in [-0.3, -0.25) is 0 Å². The van der Waals surface area contributed by atoms with E-state index in [0.717, 1.165) is 22.6 Å². The van der Waals surface area contributed by atoms with E-state index in [4.69, 9.17) is 4.74 Å². The van der Waals surface area contributed by atoms with Crippen molar-refractivity contribution in [2.45, 2.75) is 26.8 Å². The van der Waals surface area contributed by atoms with Crippen molar-refractivity contribution in [3.63, 3.8) is 0 Å². The van der Waals surface area contributed by atoms with E-state index >= 15 is 0 Å². The SMILES string of the molecule is CCOc1cc(C)ccc1NC(C)c1cccc(F)c1. The van der Waals surface area contributed by atoms with Crippen LogP contribution in [0.4, 0.5) is 10.1 Å². The summed E-state index contributed by atoms with van der Waals surface area (Å²) in [6.45, 7) is 6.61. The van der Waals surface area contributed by atoms with Crippen molar-refractivity contribution in [3.05, 3.63) is 59.4 Å². The predicted octanol–water partition coefficient (Wildman–Crippen LogP) is 4.71. The first kappa shape index (κ1) is 14.4. The highest BCUT2D eigenvalue weighted by Gasteiger charge is 2.10. The van der Waals surface area contributed by atoms with E-state index in [-0.39, 0.29) is 11.9 Å². The highest BCUT2D eigenvalue weighted by Crippen LogP contribution is 2.29. The van der Waals surface area contributed by atoms with Gasteiger partial charge in [0.15, 0.2) is 0 Å². The number of nitrogens with one attached hydrogen (secondary N) is 1. The number of halogens is 1. The Labute approximate surface area is 119 Å². The first-order valence-electron chi connectivity index (χ1n) is 6.85. The zero-order valence-electron chi connectivity index (χ0n) is 12.1. The highest BCUT2D eigenvalue weighted by atomic mass is 19.1. The third-order valence-electron chi connectivity index (χ3n) is 3.16. The molecule has 0 saturated carbocycles. The molecule has 20 heavy (non-hydrogen) atoms. The lowest BCUT2D eigenvalue weighted by Crippen LogP contribution is -2.08. The van der Waals surface area contributed by atoms with Crippen molar-refractivity contribution in [2.75, 3.05) is 11.9 Å². The minimum absolute atomic E-state index is 0.00705. The van der Waals surface area contributed by atoms with Gasteiger partial charge in [-0.25, -0.2) is 4.39 Å². The van der Waals surface area contributed by atoms with Gasteiger partial charge in [-0.05, 0) is 56.2 Å². The van der Waals surface area contributed by atoms with Crippen LogP contribution in [0.1, 0.15) is 31.0 Å². The standard InChI is InChI=1S/C17H20FNO/c1-4-20-17-10-12(2)8-9-16(17)19-13(3)14-6-5-7-15(18)11-14/h5-11,13,19H,4H2,1-3H3. The Balaban J connectivity index is 2.21. The Morgan fingerprint density at radius 2 is 2.00 bits per heavy atom. The molecule has 0 aliphatic carbocycles. The summed E-state index contributed by atoms with van der Waals surface area (Å²) < 4.78 is 18.9. The van der Waals surface area contributed by atoms with Crippen LogP contribution in [0.25, 0.3) is 0 Å². The summed E-state index contributed by atoms with van der Waals surface area (Å²) >= 11 is 0. The monoisotopic (exact) mass is 273 g/mol. The number of hydrogen-bond donors (Lipinski definition) is 1. The summed E-state index contributed by atoms with van der Waals surface area (Å²) in [7, 11) is 0. The molecule has 0 saturated heterocycles.